The molecule has 0 aliphatic carbocycles. The van der Waals surface area contributed by atoms with Crippen molar-refractivity contribution < 1.29 is 23.4 Å². The Morgan fingerprint density at radius 3 is 2.45 bits per heavy atom. The largest absolute Gasteiger partial charge is 0.480 e. The monoisotopic (exact) mass is 169 g/mol. The second-order valence-corrected chi connectivity index (χ2v) is 1.87. The van der Waals surface area contributed by atoms with Gasteiger partial charge in [-0.15, -0.1) is 0 Å². The summed E-state index contributed by atoms with van der Waals surface area (Å²) in [7, 11) is 0. The van der Waals surface area contributed by atoms with Crippen molar-refractivity contribution in [2.75, 3.05) is 13.2 Å². The Balaban J connectivity index is 3.31. The van der Waals surface area contributed by atoms with E-state index in [1.807, 2.05) is 0 Å². The van der Waals surface area contributed by atoms with Gasteiger partial charge in [-0.2, -0.15) is 0 Å². The van der Waals surface area contributed by atoms with Crippen molar-refractivity contribution in [2.45, 2.75) is 12.5 Å². The van der Waals surface area contributed by atoms with E-state index in [9.17, 15) is 13.6 Å². The van der Waals surface area contributed by atoms with Crippen molar-refractivity contribution in [1.82, 2.24) is 0 Å². The van der Waals surface area contributed by atoms with Gasteiger partial charge >= 0.3 is 5.97 Å². The van der Waals surface area contributed by atoms with Crippen LogP contribution in [-0.2, 0) is 9.53 Å². The predicted molar refractivity (Wildman–Crippen MR) is 32.4 cm³/mol. The summed E-state index contributed by atoms with van der Waals surface area (Å²) in [6, 6.07) is -1.23. The molecule has 0 aliphatic heterocycles. The van der Waals surface area contributed by atoms with E-state index in [0.717, 1.165) is 0 Å². The molecule has 0 spiro atoms. The molecule has 4 nitrogen and oxygen atoms in total. The molecule has 0 amide bonds. The van der Waals surface area contributed by atoms with Crippen molar-refractivity contribution >= 4 is 5.97 Å². The van der Waals surface area contributed by atoms with Gasteiger partial charge in [0, 0.05) is 0 Å². The third-order valence-electron chi connectivity index (χ3n) is 0.858. The lowest BCUT2D eigenvalue weighted by molar-refractivity contribution is -0.140. The van der Waals surface area contributed by atoms with Gasteiger partial charge in [0.2, 0.25) is 0 Å². The minimum absolute atomic E-state index is 0.389. The number of rotatable bonds is 5. The van der Waals surface area contributed by atoms with E-state index >= 15 is 0 Å². The quantitative estimate of drug-likeness (QED) is 0.591. The summed E-state index contributed by atoms with van der Waals surface area (Å²) in [5.41, 5.74) is 4.93. The number of carboxylic acids is 1. The lowest BCUT2D eigenvalue weighted by Gasteiger charge is -2.06. The van der Waals surface area contributed by atoms with Crippen LogP contribution in [0.15, 0.2) is 0 Å². The van der Waals surface area contributed by atoms with E-state index in [4.69, 9.17) is 10.8 Å². The maximum absolute atomic E-state index is 11.4. The summed E-state index contributed by atoms with van der Waals surface area (Å²) in [6.07, 6.45) is -2.59. The number of halogens is 2. The molecule has 11 heavy (non-hydrogen) atoms. The molecule has 1 atom stereocenters. The highest BCUT2D eigenvalue weighted by Gasteiger charge is 2.12. The molecule has 0 aromatic carbocycles. The van der Waals surface area contributed by atoms with Crippen molar-refractivity contribution in [3.05, 3.63) is 0 Å². The summed E-state index contributed by atoms with van der Waals surface area (Å²) in [5, 5.41) is 8.15. The zero-order chi connectivity index (χ0) is 8.85. The summed E-state index contributed by atoms with van der Waals surface area (Å²) in [5.74, 6) is -1.26. The van der Waals surface area contributed by atoms with Crippen molar-refractivity contribution in [3.8, 4) is 0 Å². The SMILES string of the molecule is NC(COCC(F)F)C(=O)O. The first-order valence-corrected chi connectivity index (χ1v) is 2.88. The van der Waals surface area contributed by atoms with E-state index in [1.165, 1.54) is 0 Å². The van der Waals surface area contributed by atoms with Crippen molar-refractivity contribution in [3.63, 3.8) is 0 Å². The first-order valence-electron chi connectivity index (χ1n) is 2.88. The molecule has 0 saturated carbocycles. The van der Waals surface area contributed by atoms with Gasteiger partial charge in [0.05, 0.1) is 6.61 Å². The highest BCUT2D eigenvalue weighted by Crippen LogP contribution is 1.92. The van der Waals surface area contributed by atoms with E-state index in [0.29, 0.717) is 0 Å². The molecule has 0 saturated heterocycles. The van der Waals surface area contributed by atoms with E-state index in [-0.39, 0.29) is 6.61 Å². The lowest BCUT2D eigenvalue weighted by Crippen LogP contribution is -2.35. The van der Waals surface area contributed by atoms with Crippen LogP contribution in [0.3, 0.4) is 0 Å². The van der Waals surface area contributed by atoms with Crippen molar-refractivity contribution in [1.29, 1.82) is 0 Å². The van der Waals surface area contributed by atoms with Crippen LogP contribution in [0.5, 0.6) is 0 Å². The minimum atomic E-state index is -2.59. The van der Waals surface area contributed by atoms with Gasteiger partial charge in [-0.1, -0.05) is 0 Å². The smallest absolute Gasteiger partial charge is 0.322 e. The number of hydrogen-bond acceptors (Lipinski definition) is 3. The molecule has 3 N–H and O–H groups in total. The van der Waals surface area contributed by atoms with E-state index in [1.54, 1.807) is 0 Å². The fourth-order valence-corrected chi connectivity index (χ4v) is 0.355. The number of ether oxygens (including phenoxy) is 1. The number of alkyl halides is 2. The number of carboxylic acid groups (broad SMARTS) is 1. The van der Waals surface area contributed by atoms with Crippen LogP contribution in [0.4, 0.5) is 8.78 Å². The molecule has 1 unspecified atom stereocenters. The van der Waals surface area contributed by atoms with Gasteiger partial charge < -0.3 is 15.6 Å². The lowest BCUT2D eigenvalue weighted by atomic mass is 10.3. The number of carbonyl (C=O) groups is 1. The molecule has 6 heteroatoms. The molecule has 0 aliphatic rings. The molecule has 0 radical (unpaired) electrons. The minimum Gasteiger partial charge on any atom is -0.480 e. The standard InChI is InChI=1S/C5H9F2NO3/c6-4(7)2-11-1-3(8)5(9)10/h3-4H,1-2,8H2,(H,9,10). The number of hydrogen-bond donors (Lipinski definition) is 2. The van der Waals surface area contributed by atoms with E-state index in [2.05, 4.69) is 4.74 Å². The number of aliphatic carboxylic acids is 1. The highest BCUT2D eigenvalue weighted by molar-refractivity contribution is 5.73. The Bertz CT molecular complexity index is 131. The normalized spacial score (nSPS) is 13.5. The van der Waals surface area contributed by atoms with Crippen LogP contribution in [0.25, 0.3) is 0 Å². The zero-order valence-corrected chi connectivity index (χ0v) is 5.67. The Hall–Kier alpha value is -0.750. The summed E-state index contributed by atoms with van der Waals surface area (Å²) in [6.45, 7) is -1.17. The van der Waals surface area contributed by atoms with Crippen LogP contribution >= 0.6 is 0 Å². The molecule has 0 rings (SSSR count). The molecular formula is C5H9F2NO3. The third kappa shape index (κ3) is 5.68. The second kappa shape index (κ2) is 4.97. The van der Waals surface area contributed by atoms with Gasteiger partial charge in [0.1, 0.15) is 12.6 Å². The molecule has 0 aromatic heterocycles. The first kappa shape index (κ1) is 10.2. The molecule has 0 bridgehead atoms. The van der Waals surface area contributed by atoms with Gasteiger partial charge in [0.15, 0.2) is 0 Å². The molecule has 0 heterocycles. The van der Waals surface area contributed by atoms with Gasteiger partial charge in [0.25, 0.3) is 6.43 Å². The predicted octanol–water partition coefficient (Wildman–Crippen LogP) is -0.320. The summed E-state index contributed by atoms with van der Waals surface area (Å²) >= 11 is 0. The van der Waals surface area contributed by atoms with Gasteiger partial charge in [-0.05, 0) is 0 Å². The molecular weight excluding hydrogens is 160 g/mol. The average Bonchev–Trinajstić information content (AvgIpc) is 1.86. The Labute approximate surface area is 61.9 Å². The van der Waals surface area contributed by atoms with Crippen LogP contribution < -0.4 is 5.73 Å². The third-order valence-corrected chi connectivity index (χ3v) is 0.858. The van der Waals surface area contributed by atoms with Crippen LogP contribution in [0.1, 0.15) is 0 Å². The van der Waals surface area contributed by atoms with Gasteiger partial charge in [-0.3, -0.25) is 4.79 Å². The van der Waals surface area contributed by atoms with Crippen LogP contribution in [-0.4, -0.2) is 36.8 Å². The van der Waals surface area contributed by atoms with Crippen molar-refractivity contribution in [2.24, 2.45) is 5.73 Å². The van der Waals surface area contributed by atoms with Gasteiger partial charge in [-0.25, -0.2) is 8.78 Å². The fourth-order valence-electron chi connectivity index (χ4n) is 0.355. The summed E-state index contributed by atoms with van der Waals surface area (Å²) in [4.78, 5) is 9.98. The fraction of sp³-hybridized carbons (Fsp3) is 0.800. The highest BCUT2D eigenvalue weighted by atomic mass is 19.3. The maximum Gasteiger partial charge on any atom is 0.322 e. The topological polar surface area (TPSA) is 72.5 Å². The summed E-state index contributed by atoms with van der Waals surface area (Å²) < 4.78 is 27.0. The second-order valence-electron chi connectivity index (χ2n) is 1.87. The van der Waals surface area contributed by atoms with Crippen LogP contribution in [0, 0.1) is 0 Å². The Morgan fingerprint density at radius 1 is 1.55 bits per heavy atom. The number of nitrogens with two attached hydrogens (primary N) is 1. The molecule has 0 fully saturated rings. The molecule has 66 valence electrons. The zero-order valence-electron chi connectivity index (χ0n) is 5.67. The first-order chi connectivity index (χ1) is 5.04. The Morgan fingerprint density at radius 2 is 2.09 bits per heavy atom. The average molecular weight is 169 g/mol. The van der Waals surface area contributed by atoms with Crippen LogP contribution in [0.2, 0.25) is 0 Å². The molecule has 0 aromatic rings. The Kier molecular flexibility index (Phi) is 4.64. The van der Waals surface area contributed by atoms with E-state index < -0.39 is 25.0 Å². The maximum atomic E-state index is 11.4.